The number of rotatable bonds is 12. The van der Waals surface area contributed by atoms with Crippen molar-refractivity contribution in [1.29, 1.82) is 0 Å². The molecule has 198 valence electrons. The highest BCUT2D eigenvalue weighted by Crippen LogP contribution is 2.20. The minimum atomic E-state index is -0.457. The molecule has 8 heteroatoms. The van der Waals surface area contributed by atoms with E-state index in [1.54, 1.807) is 73.1 Å². The van der Waals surface area contributed by atoms with E-state index in [1.807, 2.05) is 36.4 Å². The molecule has 0 unspecified atom stereocenters. The van der Waals surface area contributed by atoms with E-state index in [0.29, 0.717) is 22.8 Å². The van der Waals surface area contributed by atoms with Crippen LogP contribution < -0.4 is 14.2 Å². The Labute approximate surface area is 226 Å². The monoisotopic (exact) mass is 524 g/mol. The number of carbonyl (C=O) groups is 1. The Morgan fingerprint density at radius 2 is 1.00 bits per heavy atom. The standard InChI is InChI=1S/C31H28N2O6/c34-17-19-37-28-13-7-26(8-14-28)32-21-23-1-5-25(6-2-23)31(36)39-30-11-3-24(4-12-30)22-33-27-9-15-29(16-10-27)38-20-18-35/h1-16,21-22,34-35H,17-20H2. The van der Waals surface area contributed by atoms with Crippen molar-refractivity contribution in [3.63, 3.8) is 0 Å². The Kier molecular flexibility index (Phi) is 9.94. The van der Waals surface area contributed by atoms with Crippen LogP contribution in [0.4, 0.5) is 11.4 Å². The molecule has 0 saturated heterocycles. The average molecular weight is 525 g/mol. The SMILES string of the molecule is O=C(Oc1ccc(C=Nc2ccc(OCCO)cc2)cc1)c1ccc(C=Nc2ccc(OCCO)cc2)cc1. The quantitative estimate of drug-likeness (QED) is 0.151. The molecule has 0 amide bonds. The van der Waals surface area contributed by atoms with Crippen LogP contribution >= 0.6 is 0 Å². The maximum absolute atomic E-state index is 12.6. The van der Waals surface area contributed by atoms with Crippen molar-refractivity contribution in [2.24, 2.45) is 9.98 Å². The van der Waals surface area contributed by atoms with Crippen LogP contribution in [0.15, 0.2) is 107 Å². The first-order valence-corrected chi connectivity index (χ1v) is 12.3. The fraction of sp³-hybridized carbons (Fsp3) is 0.129. The van der Waals surface area contributed by atoms with Crippen LogP contribution in [0.25, 0.3) is 0 Å². The maximum Gasteiger partial charge on any atom is 0.343 e. The van der Waals surface area contributed by atoms with Crippen LogP contribution in [0.2, 0.25) is 0 Å². The van der Waals surface area contributed by atoms with Crippen LogP contribution in [0, 0.1) is 0 Å². The van der Waals surface area contributed by atoms with E-state index < -0.39 is 5.97 Å². The molecule has 0 spiro atoms. The number of aliphatic hydroxyl groups is 2. The zero-order valence-corrected chi connectivity index (χ0v) is 21.1. The molecule has 0 heterocycles. The zero-order chi connectivity index (χ0) is 27.3. The first-order valence-electron chi connectivity index (χ1n) is 12.3. The molecule has 2 N–H and O–H groups in total. The molecule has 4 aromatic carbocycles. The van der Waals surface area contributed by atoms with Crippen LogP contribution in [-0.2, 0) is 0 Å². The summed E-state index contributed by atoms with van der Waals surface area (Å²) in [4.78, 5) is 21.4. The third kappa shape index (κ3) is 8.63. The summed E-state index contributed by atoms with van der Waals surface area (Å²) in [7, 11) is 0. The molecule has 0 aliphatic heterocycles. The molecule has 8 nitrogen and oxygen atoms in total. The fourth-order valence-corrected chi connectivity index (χ4v) is 3.38. The van der Waals surface area contributed by atoms with Gasteiger partial charge in [-0.2, -0.15) is 0 Å². The second kappa shape index (κ2) is 14.2. The van der Waals surface area contributed by atoms with Crippen LogP contribution in [-0.4, -0.2) is 55.0 Å². The van der Waals surface area contributed by atoms with Crippen molar-refractivity contribution in [2.45, 2.75) is 0 Å². The Hall–Kier alpha value is -4.79. The second-order valence-electron chi connectivity index (χ2n) is 8.23. The number of ether oxygens (including phenoxy) is 3. The number of hydrogen-bond donors (Lipinski definition) is 2. The van der Waals surface area contributed by atoms with Gasteiger partial charge in [-0.1, -0.05) is 12.1 Å². The Balaban J connectivity index is 1.28. The van der Waals surface area contributed by atoms with E-state index in [-0.39, 0.29) is 26.4 Å². The molecular formula is C31H28N2O6. The minimum absolute atomic E-state index is 0.0336. The van der Waals surface area contributed by atoms with Crippen molar-refractivity contribution in [3.05, 3.63) is 114 Å². The van der Waals surface area contributed by atoms with Crippen LogP contribution in [0.3, 0.4) is 0 Å². The number of aliphatic hydroxyl groups excluding tert-OH is 2. The summed E-state index contributed by atoms with van der Waals surface area (Å²) in [6.45, 7) is 0.429. The van der Waals surface area contributed by atoms with Gasteiger partial charge in [0.25, 0.3) is 0 Å². The fourth-order valence-electron chi connectivity index (χ4n) is 3.38. The van der Waals surface area contributed by atoms with Crippen LogP contribution in [0.1, 0.15) is 21.5 Å². The van der Waals surface area contributed by atoms with Gasteiger partial charge in [0.2, 0.25) is 0 Å². The van der Waals surface area contributed by atoms with Gasteiger partial charge in [-0.15, -0.1) is 0 Å². The Morgan fingerprint density at radius 1 is 0.590 bits per heavy atom. The molecule has 0 bridgehead atoms. The van der Waals surface area contributed by atoms with E-state index in [9.17, 15) is 4.79 Å². The van der Waals surface area contributed by atoms with Crippen molar-refractivity contribution in [1.82, 2.24) is 0 Å². The van der Waals surface area contributed by atoms with E-state index in [4.69, 9.17) is 24.4 Å². The van der Waals surface area contributed by atoms with Gasteiger partial charge >= 0.3 is 5.97 Å². The first-order chi connectivity index (χ1) is 19.1. The number of benzene rings is 4. The minimum Gasteiger partial charge on any atom is -0.491 e. The smallest absolute Gasteiger partial charge is 0.343 e. The van der Waals surface area contributed by atoms with E-state index in [2.05, 4.69) is 9.98 Å². The van der Waals surface area contributed by atoms with Gasteiger partial charge in [-0.25, -0.2) is 4.79 Å². The summed E-state index contributed by atoms with van der Waals surface area (Å²) < 4.78 is 16.2. The van der Waals surface area contributed by atoms with Gasteiger partial charge in [0, 0.05) is 12.4 Å². The van der Waals surface area contributed by atoms with Crippen molar-refractivity contribution < 1.29 is 29.2 Å². The predicted molar refractivity (Wildman–Crippen MR) is 150 cm³/mol. The topological polar surface area (TPSA) is 110 Å². The highest BCUT2D eigenvalue weighted by atomic mass is 16.5. The molecule has 4 rings (SSSR count). The molecule has 0 aliphatic rings. The van der Waals surface area contributed by atoms with E-state index in [0.717, 1.165) is 22.5 Å². The summed E-state index contributed by atoms with van der Waals surface area (Å²) >= 11 is 0. The highest BCUT2D eigenvalue weighted by Gasteiger charge is 2.08. The lowest BCUT2D eigenvalue weighted by Gasteiger charge is -2.05. The number of aliphatic imine (C=N–C) groups is 2. The van der Waals surface area contributed by atoms with Crippen molar-refractivity contribution >= 4 is 29.8 Å². The number of esters is 1. The largest absolute Gasteiger partial charge is 0.491 e. The van der Waals surface area contributed by atoms with E-state index in [1.165, 1.54) is 0 Å². The second-order valence-corrected chi connectivity index (χ2v) is 8.23. The average Bonchev–Trinajstić information content (AvgIpc) is 2.99. The maximum atomic E-state index is 12.6. The van der Waals surface area contributed by atoms with E-state index >= 15 is 0 Å². The molecule has 0 aromatic heterocycles. The molecule has 0 saturated carbocycles. The first kappa shape index (κ1) is 27.3. The van der Waals surface area contributed by atoms with Gasteiger partial charge < -0.3 is 24.4 Å². The summed E-state index contributed by atoms with van der Waals surface area (Å²) in [6.07, 6.45) is 3.42. The molecule has 0 aliphatic carbocycles. The van der Waals surface area contributed by atoms with Crippen LogP contribution in [0.5, 0.6) is 17.2 Å². The van der Waals surface area contributed by atoms with Gasteiger partial charge in [0.05, 0.1) is 30.2 Å². The van der Waals surface area contributed by atoms with Gasteiger partial charge in [-0.05, 0) is 96.1 Å². The number of carbonyl (C=O) groups excluding carboxylic acids is 1. The van der Waals surface area contributed by atoms with Gasteiger partial charge in [0.15, 0.2) is 0 Å². The Bertz CT molecular complexity index is 1380. The summed E-state index contributed by atoms with van der Waals surface area (Å²) in [5, 5.41) is 17.6. The lowest BCUT2D eigenvalue weighted by atomic mass is 10.1. The van der Waals surface area contributed by atoms with Crippen molar-refractivity contribution in [2.75, 3.05) is 26.4 Å². The van der Waals surface area contributed by atoms with Gasteiger partial charge in [0.1, 0.15) is 30.5 Å². The zero-order valence-electron chi connectivity index (χ0n) is 21.1. The summed E-state index contributed by atoms with van der Waals surface area (Å²) in [6, 6.07) is 28.5. The number of nitrogens with zero attached hydrogens (tertiary/aromatic N) is 2. The molecule has 0 fully saturated rings. The molecule has 4 aromatic rings. The highest BCUT2D eigenvalue weighted by molar-refractivity contribution is 5.92. The molecule has 0 radical (unpaired) electrons. The molecule has 0 atom stereocenters. The third-order valence-corrected chi connectivity index (χ3v) is 5.36. The summed E-state index contributed by atoms with van der Waals surface area (Å²) in [5.41, 5.74) is 3.63. The van der Waals surface area contributed by atoms with Crippen molar-refractivity contribution in [3.8, 4) is 17.2 Å². The summed E-state index contributed by atoms with van der Waals surface area (Å²) in [5.74, 6) is 1.31. The number of hydrogen-bond acceptors (Lipinski definition) is 8. The lowest BCUT2D eigenvalue weighted by Crippen LogP contribution is -2.08. The third-order valence-electron chi connectivity index (χ3n) is 5.36. The predicted octanol–water partition coefficient (Wildman–Crippen LogP) is 5.15. The Morgan fingerprint density at radius 3 is 1.44 bits per heavy atom. The molecular weight excluding hydrogens is 496 g/mol. The normalized spacial score (nSPS) is 11.1. The molecule has 39 heavy (non-hydrogen) atoms. The van der Waals surface area contributed by atoms with Gasteiger partial charge in [-0.3, -0.25) is 9.98 Å². The lowest BCUT2D eigenvalue weighted by molar-refractivity contribution is 0.0734.